The number of terminal acetylenes is 1. The molecule has 0 saturated carbocycles. The van der Waals surface area contributed by atoms with Gasteiger partial charge in [0, 0.05) is 16.8 Å². The summed E-state index contributed by atoms with van der Waals surface area (Å²) < 4.78 is 0. The molecule has 1 nitrogen and oxygen atoms in total. The van der Waals surface area contributed by atoms with E-state index in [9.17, 15) is 4.79 Å². The van der Waals surface area contributed by atoms with Gasteiger partial charge in [0.2, 0.25) is 5.78 Å². The van der Waals surface area contributed by atoms with Gasteiger partial charge in [0.05, 0.1) is 5.25 Å². The van der Waals surface area contributed by atoms with Gasteiger partial charge in [-0.2, -0.15) is 11.8 Å². The van der Waals surface area contributed by atoms with Gasteiger partial charge < -0.3 is 0 Å². The van der Waals surface area contributed by atoms with Crippen molar-refractivity contribution in [2.75, 3.05) is 11.5 Å². The van der Waals surface area contributed by atoms with Crippen LogP contribution in [0.15, 0.2) is 0 Å². The molecule has 2 unspecified atom stereocenters. The Hall–Kier alpha value is -0.0700. The first-order chi connectivity index (χ1) is 5.25. The van der Waals surface area contributed by atoms with Gasteiger partial charge >= 0.3 is 0 Å². The third-order valence-corrected chi connectivity index (χ3v) is 4.68. The standard InChI is InChI=1S/C8H10OS2/c1-3-7(9)8-6(2)10-4-5-11-8/h1,6,8H,4-5H2,2H3. The summed E-state index contributed by atoms with van der Waals surface area (Å²) in [7, 11) is 0. The molecule has 0 amide bonds. The van der Waals surface area contributed by atoms with Crippen LogP contribution in [0.1, 0.15) is 6.92 Å². The summed E-state index contributed by atoms with van der Waals surface area (Å²) in [5.74, 6) is 4.33. The van der Waals surface area contributed by atoms with Crippen molar-refractivity contribution in [3.8, 4) is 12.3 Å². The minimum atomic E-state index is -0.0466. The van der Waals surface area contributed by atoms with Crippen LogP contribution in [0.4, 0.5) is 0 Å². The Morgan fingerprint density at radius 3 is 2.73 bits per heavy atom. The van der Waals surface area contributed by atoms with E-state index in [0.29, 0.717) is 5.25 Å². The molecule has 60 valence electrons. The number of hydrogen-bond acceptors (Lipinski definition) is 3. The summed E-state index contributed by atoms with van der Waals surface area (Å²) in [6.45, 7) is 2.07. The van der Waals surface area contributed by atoms with E-state index in [0.717, 1.165) is 11.5 Å². The normalized spacial score (nSPS) is 30.9. The molecule has 0 spiro atoms. The molecule has 1 aliphatic heterocycles. The zero-order chi connectivity index (χ0) is 8.27. The molecule has 1 saturated heterocycles. The number of carbonyl (C=O) groups excluding carboxylic acids is 1. The van der Waals surface area contributed by atoms with Gasteiger partial charge in [-0.05, 0) is 5.92 Å². The Bertz CT molecular complexity index is 195. The van der Waals surface area contributed by atoms with E-state index in [4.69, 9.17) is 6.42 Å². The average Bonchev–Trinajstić information content (AvgIpc) is 2.04. The molecule has 1 rings (SSSR count). The highest BCUT2D eigenvalue weighted by Crippen LogP contribution is 2.31. The van der Waals surface area contributed by atoms with Crippen LogP contribution < -0.4 is 0 Å². The van der Waals surface area contributed by atoms with Crippen molar-refractivity contribution in [2.24, 2.45) is 0 Å². The van der Waals surface area contributed by atoms with E-state index in [1.807, 2.05) is 11.8 Å². The lowest BCUT2D eigenvalue weighted by Gasteiger charge is -2.24. The van der Waals surface area contributed by atoms with E-state index in [2.05, 4.69) is 12.8 Å². The second-order valence-electron chi connectivity index (χ2n) is 2.38. The lowest BCUT2D eigenvalue weighted by molar-refractivity contribution is -0.113. The van der Waals surface area contributed by atoms with Gasteiger partial charge in [-0.25, -0.2) is 0 Å². The van der Waals surface area contributed by atoms with Gasteiger partial charge in [-0.3, -0.25) is 4.79 Å². The molecule has 2 atom stereocenters. The third kappa shape index (κ3) is 2.18. The van der Waals surface area contributed by atoms with E-state index < -0.39 is 0 Å². The minimum Gasteiger partial charge on any atom is -0.284 e. The van der Waals surface area contributed by atoms with Crippen LogP contribution in [0.25, 0.3) is 0 Å². The molecule has 1 heterocycles. The van der Waals surface area contributed by atoms with Crippen molar-refractivity contribution in [1.29, 1.82) is 0 Å². The summed E-state index contributed by atoms with van der Waals surface area (Å²) >= 11 is 3.52. The zero-order valence-corrected chi connectivity index (χ0v) is 8.00. The van der Waals surface area contributed by atoms with E-state index in [-0.39, 0.29) is 11.0 Å². The molecular formula is C8H10OS2. The predicted molar refractivity (Wildman–Crippen MR) is 52.0 cm³/mol. The molecule has 0 bridgehead atoms. The molecular weight excluding hydrogens is 176 g/mol. The summed E-state index contributed by atoms with van der Waals surface area (Å²) in [5.41, 5.74) is 0. The number of ketones is 1. The Kier molecular flexibility index (Phi) is 3.35. The van der Waals surface area contributed by atoms with Crippen LogP contribution in [0.5, 0.6) is 0 Å². The fourth-order valence-corrected chi connectivity index (χ4v) is 3.66. The first-order valence-corrected chi connectivity index (χ1v) is 5.59. The van der Waals surface area contributed by atoms with Crippen molar-refractivity contribution in [1.82, 2.24) is 0 Å². The second-order valence-corrected chi connectivity index (χ2v) is 5.11. The van der Waals surface area contributed by atoms with Crippen LogP contribution in [-0.4, -0.2) is 27.8 Å². The maximum absolute atomic E-state index is 11.1. The number of rotatable bonds is 1. The zero-order valence-electron chi connectivity index (χ0n) is 6.37. The fraction of sp³-hybridized carbons (Fsp3) is 0.625. The molecule has 1 aliphatic rings. The van der Waals surface area contributed by atoms with Gasteiger partial charge in [0.15, 0.2) is 0 Å². The van der Waals surface area contributed by atoms with Crippen molar-refractivity contribution < 1.29 is 4.79 Å². The molecule has 0 aliphatic carbocycles. The average molecular weight is 186 g/mol. The lowest BCUT2D eigenvalue weighted by atomic mass is 10.2. The quantitative estimate of drug-likeness (QED) is 0.455. The number of carbonyl (C=O) groups is 1. The van der Waals surface area contributed by atoms with Gasteiger partial charge in [-0.15, -0.1) is 18.2 Å². The highest BCUT2D eigenvalue weighted by atomic mass is 32.2. The summed E-state index contributed by atoms with van der Waals surface area (Å²) in [6, 6.07) is 0. The first-order valence-electron chi connectivity index (χ1n) is 3.49. The van der Waals surface area contributed by atoms with Crippen molar-refractivity contribution >= 4 is 29.3 Å². The molecule has 0 N–H and O–H groups in total. The van der Waals surface area contributed by atoms with Gasteiger partial charge in [0.25, 0.3) is 0 Å². The Labute approximate surface area is 75.7 Å². The minimum absolute atomic E-state index is 0.0405. The van der Waals surface area contributed by atoms with Crippen LogP contribution in [0, 0.1) is 12.3 Å². The van der Waals surface area contributed by atoms with Crippen molar-refractivity contribution in [2.45, 2.75) is 17.4 Å². The van der Waals surface area contributed by atoms with Gasteiger partial charge in [0.1, 0.15) is 0 Å². The SMILES string of the molecule is C#CC(=O)C1SCCSC1C. The van der Waals surface area contributed by atoms with Crippen LogP contribution in [0.2, 0.25) is 0 Å². The molecule has 0 radical (unpaired) electrons. The topological polar surface area (TPSA) is 17.1 Å². The Balaban J connectivity index is 2.56. The maximum Gasteiger partial charge on any atom is 0.219 e. The monoisotopic (exact) mass is 186 g/mol. The van der Waals surface area contributed by atoms with Crippen molar-refractivity contribution in [3.05, 3.63) is 0 Å². The van der Waals surface area contributed by atoms with E-state index in [1.54, 1.807) is 11.8 Å². The predicted octanol–water partition coefficient (Wildman–Crippen LogP) is 1.43. The highest BCUT2D eigenvalue weighted by Gasteiger charge is 2.27. The number of thioether (sulfide) groups is 2. The summed E-state index contributed by atoms with van der Waals surface area (Å²) in [6.07, 6.45) is 5.04. The maximum atomic E-state index is 11.1. The van der Waals surface area contributed by atoms with Gasteiger partial charge in [-0.1, -0.05) is 6.92 Å². The summed E-state index contributed by atoms with van der Waals surface area (Å²) in [4.78, 5) is 11.1. The molecule has 3 heteroatoms. The highest BCUT2D eigenvalue weighted by molar-refractivity contribution is 8.07. The number of hydrogen-bond donors (Lipinski definition) is 0. The van der Waals surface area contributed by atoms with Crippen LogP contribution >= 0.6 is 23.5 Å². The Morgan fingerprint density at radius 1 is 1.55 bits per heavy atom. The summed E-state index contributed by atoms with van der Waals surface area (Å²) in [5, 5.41) is 0.427. The first kappa shape index (κ1) is 9.02. The fourth-order valence-electron chi connectivity index (χ4n) is 1.00. The second kappa shape index (κ2) is 4.08. The van der Waals surface area contributed by atoms with Crippen LogP contribution in [-0.2, 0) is 4.79 Å². The van der Waals surface area contributed by atoms with Crippen molar-refractivity contribution in [3.63, 3.8) is 0 Å². The smallest absolute Gasteiger partial charge is 0.219 e. The molecule has 0 aromatic heterocycles. The molecule has 0 aromatic rings. The lowest BCUT2D eigenvalue weighted by Crippen LogP contribution is -2.29. The van der Waals surface area contributed by atoms with E-state index in [1.165, 1.54) is 0 Å². The molecule has 1 fully saturated rings. The Morgan fingerprint density at radius 2 is 2.18 bits per heavy atom. The van der Waals surface area contributed by atoms with E-state index >= 15 is 0 Å². The largest absolute Gasteiger partial charge is 0.284 e. The molecule has 0 aromatic carbocycles. The number of Topliss-reactive ketones (excluding diaryl/α,β-unsaturated/α-hetero) is 1. The third-order valence-electron chi connectivity index (χ3n) is 1.59. The van der Waals surface area contributed by atoms with Crippen LogP contribution in [0.3, 0.4) is 0 Å². The molecule has 11 heavy (non-hydrogen) atoms.